The molecule has 9 rings (SSSR count). The van der Waals surface area contributed by atoms with Crippen LogP contribution in [-0.2, 0) is 17.3 Å². The topological polar surface area (TPSA) is 29.5 Å². The van der Waals surface area contributed by atoms with Crippen LogP contribution in [0.1, 0.15) is 98.1 Å². The summed E-state index contributed by atoms with van der Waals surface area (Å²) in [5, 5.41) is 0. The first kappa shape index (κ1) is 36.4. The van der Waals surface area contributed by atoms with Gasteiger partial charge >= 0.3 is 5.97 Å². The number of fused-ring (bicyclic) bond motifs is 6. The summed E-state index contributed by atoms with van der Waals surface area (Å²) in [6.45, 7) is 15.9. The Morgan fingerprint density at radius 1 is 0.544 bits per heavy atom. The van der Waals surface area contributed by atoms with E-state index >= 15 is 0 Å². The molecule has 0 saturated heterocycles. The Labute approximate surface area is 337 Å². The summed E-state index contributed by atoms with van der Waals surface area (Å²) in [5.41, 5.74) is 18.8. The molecule has 0 unspecified atom stereocenters. The SMILES string of the molecule is CCc1ccc(C(C)C)cc1-c1ccc(OC(=O)c2ccc(N(c3ccc4c(c3)C(C)(C)c3ccccc3-4)c3ccc4c(c3)C(C)(C)c3ccccc3-4)cc2)cc1. The van der Waals surface area contributed by atoms with Gasteiger partial charge in [-0.3, -0.25) is 0 Å². The molecule has 0 aromatic heterocycles. The zero-order valence-electron chi connectivity index (χ0n) is 34.0. The standard InChI is InChI=1S/C54H49NO2/c1-8-35-17-18-38(34(2)3)31-47(35)36-21-27-42(28-22-36)57-52(56)37-19-23-39(24-20-37)55(40-25-29-45-43-13-9-11-15-48(43)53(4,5)50(45)32-40)41-26-30-46-44-14-10-12-16-49(44)54(6,7)51(46)33-41/h9-34H,8H2,1-7H3. The Morgan fingerprint density at radius 2 is 1.05 bits per heavy atom. The van der Waals surface area contributed by atoms with Gasteiger partial charge in [0.15, 0.2) is 0 Å². The first-order valence-corrected chi connectivity index (χ1v) is 20.3. The molecule has 0 bridgehead atoms. The van der Waals surface area contributed by atoms with E-state index in [2.05, 4.69) is 169 Å². The van der Waals surface area contributed by atoms with Gasteiger partial charge in [-0.2, -0.15) is 0 Å². The lowest BCUT2D eigenvalue weighted by Crippen LogP contribution is -2.18. The van der Waals surface area contributed by atoms with Crippen LogP contribution in [0.15, 0.2) is 152 Å². The third-order valence-corrected chi connectivity index (χ3v) is 12.6. The van der Waals surface area contributed by atoms with Crippen molar-refractivity contribution in [1.82, 2.24) is 0 Å². The third-order valence-electron chi connectivity index (χ3n) is 12.6. The summed E-state index contributed by atoms with van der Waals surface area (Å²) in [6, 6.07) is 53.7. The van der Waals surface area contributed by atoms with Crippen LogP contribution in [0.25, 0.3) is 33.4 Å². The molecule has 57 heavy (non-hydrogen) atoms. The zero-order valence-corrected chi connectivity index (χ0v) is 34.0. The van der Waals surface area contributed by atoms with Crippen molar-refractivity contribution in [1.29, 1.82) is 0 Å². The number of hydrogen-bond acceptors (Lipinski definition) is 3. The van der Waals surface area contributed by atoms with Gasteiger partial charge in [-0.25, -0.2) is 4.79 Å². The molecule has 0 atom stereocenters. The molecule has 0 fully saturated rings. The number of esters is 1. The van der Waals surface area contributed by atoms with Crippen LogP contribution >= 0.6 is 0 Å². The second-order valence-corrected chi connectivity index (χ2v) is 17.0. The number of anilines is 3. The van der Waals surface area contributed by atoms with Crippen molar-refractivity contribution in [3.63, 3.8) is 0 Å². The molecule has 3 heteroatoms. The van der Waals surface area contributed by atoms with Gasteiger partial charge in [-0.15, -0.1) is 0 Å². The molecule has 2 aliphatic rings. The van der Waals surface area contributed by atoms with Gasteiger partial charge in [0, 0.05) is 27.9 Å². The van der Waals surface area contributed by atoms with E-state index in [-0.39, 0.29) is 16.8 Å². The largest absolute Gasteiger partial charge is 0.423 e. The van der Waals surface area contributed by atoms with Gasteiger partial charge in [0.2, 0.25) is 0 Å². The Balaban J connectivity index is 1.05. The third kappa shape index (κ3) is 6.08. The normalized spacial score (nSPS) is 14.1. The maximum atomic E-state index is 13.6. The monoisotopic (exact) mass is 743 g/mol. The molecule has 7 aromatic carbocycles. The Morgan fingerprint density at radius 3 is 1.58 bits per heavy atom. The van der Waals surface area contributed by atoms with Gasteiger partial charge in [0.05, 0.1) is 5.56 Å². The molecule has 0 amide bonds. The van der Waals surface area contributed by atoms with E-state index in [1.54, 1.807) is 0 Å². The minimum Gasteiger partial charge on any atom is -0.423 e. The van der Waals surface area contributed by atoms with Crippen LogP contribution in [0.5, 0.6) is 5.75 Å². The summed E-state index contributed by atoms with van der Waals surface area (Å²) >= 11 is 0. The summed E-state index contributed by atoms with van der Waals surface area (Å²) in [6.07, 6.45) is 0.954. The van der Waals surface area contributed by atoms with Crippen LogP contribution < -0.4 is 9.64 Å². The molecule has 0 spiro atoms. The Kier molecular flexibility index (Phi) is 8.81. The molecular weight excluding hydrogens is 695 g/mol. The Hall–Kier alpha value is -6.19. The summed E-state index contributed by atoms with van der Waals surface area (Å²) in [7, 11) is 0. The molecule has 0 aliphatic heterocycles. The van der Waals surface area contributed by atoms with E-state index in [1.165, 1.54) is 61.2 Å². The van der Waals surface area contributed by atoms with Crippen molar-refractivity contribution in [2.45, 2.75) is 71.6 Å². The van der Waals surface area contributed by atoms with Gasteiger partial charge in [-0.05, 0) is 140 Å². The number of nitrogens with zero attached hydrogens (tertiary/aromatic N) is 1. The summed E-state index contributed by atoms with van der Waals surface area (Å²) < 4.78 is 5.93. The number of hydrogen-bond donors (Lipinski definition) is 0. The molecule has 0 saturated carbocycles. The lowest BCUT2D eigenvalue weighted by Gasteiger charge is -2.29. The van der Waals surface area contributed by atoms with E-state index in [9.17, 15) is 4.79 Å². The van der Waals surface area contributed by atoms with E-state index in [0.29, 0.717) is 17.2 Å². The van der Waals surface area contributed by atoms with Crippen molar-refractivity contribution in [2.75, 3.05) is 4.90 Å². The average molecular weight is 744 g/mol. The molecule has 3 nitrogen and oxygen atoms in total. The van der Waals surface area contributed by atoms with Crippen molar-refractivity contribution < 1.29 is 9.53 Å². The minimum absolute atomic E-state index is 0.141. The number of carbonyl (C=O) groups is 1. The maximum absolute atomic E-state index is 13.6. The number of ether oxygens (including phenoxy) is 1. The zero-order chi connectivity index (χ0) is 39.6. The van der Waals surface area contributed by atoms with Crippen LogP contribution in [0.4, 0.5) is 17.1 Å². The highest BCUT2D eigenvalue weighted by molar-refractivity contribution is 5.93. The number of aryl methyl sites for hydroxylation is 1. The fraction of sp³-hybridized carbons (Fsp3) is 0.204. The highest BCUT2D eigenvalue weighted by atomic mass is 16.5. The fourth-order valence-corrected chi connectivity index (χ4v) is 9.26. The van der Waals surface area contributed by atoms with Crippen LogP contribution in [0.3, 0.4) is 0 Å². The maximum Gasteiger partial charge on any atom is 0.343 e. The molecule has 2 aliphatic carbocycles. The van der Waals surface area contributed by atoms with E-state index in [1.807, 2.05) is 36.4 Å². The summed E-state index contributed by atoms with van der Waals surface area (Å²) in [5.74, 6) is 0.590. The summed E-state index contributed by atoms with van der Waals surface area (Å²) in [4.78, 5) is 15.9. The lowest BCUT2D eigenvalue weighted by molar-refractivity contribution is 0.0735. The molecule has 0 heterocycles. The average Bonchev–Trinajstić information content (AvgIpc) is 3.60. The first-order valence-electron chi connectivity index (χ1n) is 20.3. The predicted octanol–water partition coefficient (Wildman–Crippen LogP) is 14.3. The second kappa shape index (κ2) is 13.8. The second-order valence-electron chi connectivity index (χ2n) is 17.0. The van der Waals surface area contributed by atoms with Crippen molar-refractivity contribution in [3.8, 4) is 39.1 Å². The van der Waals surface area contributed by atoms with Crippen molar-refractivity contribution >= 4 is 23.0 Å². The molecule has 7 aromatic rings. The van der Waals surface area contributed by atoms with E-state index < -0.39 is 0 Å². The predicted molar refractivity (Wildman–Crippen MR) is 237 cm³/mol. The van der Waals surface area contributed by atoms with Crippen LogP contribution in [-0.4, -0.2) is 5.97 Å². The van der Waals surface area contributed by atoms with E-state index in [0.717, 1.165) is 29.0 Å². The van der Waals surface area contributed by atoms with Gasteiger partial charge in [0.1, 0.15) is 5.75 Å². The van der Waals surface area contributed by atoms with Gasteiger partial charge in [0.25, 0.3) is 0 Å². The van der Waals surface area contributed by atoms with Crippen molar-refractivity contribution in [3.05, 3.63) is 191 Å². The van der Waals surface area contributed by atoms with Gasteiger partial charge in [-0.1, -0.05) is 139 Å². The highest BCUT2D eigenvalue weighted by Gasteiger charge is 2.37. The van der Waals surface area contributed by atoms with Gasteiger partial charge < -0.3 is 9.64 Å². The smallest absolute Gasteiger partial charge is 0.343 e. The molecule has 282 valence electrons. The highest BCUT2D eigenvalue weighted by Crippen LogP contribution is 2.53. The Bertz CT molecular complexity index is 2570. The number of carbonyl (C=O) groups excluding carboxylic acids is 1. The quantitative estimate of drug-likeness (QED) is 0.115. The number of rotatable bonds is 8. The molecule has 0 N–H and O–H groups in total. The fourth-order valence-electron chi connectivity index (χ4n) is 9.26. The van der Waals surface area contributed by atoms with Crippen molar-refractivity contribution in [2.24, 2.45) is 0 Å². The molecule has 0 radical (unpaired) electrons. The van der Waals surface area contributed by atoms with Crippen LogP contribution in [0, 0.1) is 0 Å². The first-order chi connectivity index (χ1) is 27.4. The lowest BCUT2D eigenvalue weighted by atomic mass is 9.82. The van der Waals surface area contributed by atoms with E-state index in [4.69, 9.17) is 4.74 Å². The van der Waals surface area contributed by atoms with Crippen LogP contribution in [0.2, 0.25) is 0 Å². The number of benzene rings is 7. The minimum atomic E-state index is -0.383. The molecular formula is C54H49NO2.